The van der Waals surface area contributed by atoms with Crippen LogP contribution in [-0.4, -0.2) is 38.9 Å². The van der Waals surface area contributed by atoms with E-state index in [2.05, 4.69) is 0 Å². The first kappa shape index (κ1) is 16.6. The molecule has 0 heterocycles. The second kappa shape index (κ2) is 6.81. The topological polar surface area (TPSA) is 63.7 Å². The molecule has 0 fully saturated rings. The predicted octanol–water partition coefficient (Wildman–Crippen LogP) is 1.71. The van der Waals surface area contributed by atoms with E-state index in [1.54, 1.807) is 13.8 Å². The molecule has 1 aromatic rings. The summed E-state index contributed by atoms with van der Waals surface area (Å²) in [5.74, 6) is -1.05. The third kappa shape index (κ3) is 4.01. The third-order valence-corrected chi connectivity index (χ3v) is 4.64. The zero-order valence-corrected chi connectivity index (χ0v) is 12.5. The summed E-state index contributed by atoms with van der Waals surface area (Å²) in [6.45, 7) is 3.46. The highest BCUT2D eigenvalue weighted by Crippen LogP contribution is 2.17. The molecule has 0 saturated carbocycles. The number of sulfonamides is 1. The van der Waals surface area contributed by atoms with Gasteiger partial charge in [-0.05, 0) is 31.5 Å². The van der Waals surface area contributed by atoms with Crippen LogP contribution in [0.4, 0.5) is 4.39 Å². The highest BCUT2D eigenvalue weighted by atomic mass is 32.2. The lowest BCUT2D eigenvalue weighted by atomic mass is 10.2. The Morgan fingerprint density at radius 3 is 2.60 bits per heavy atom. The van der Waals surface area contributed by atoms with Gasteiger partial charge in [-0.2, -0.15) is 0 Å². The van der Waals surface area contributed by atoms with Gasteiger partial charge in [0.05, 0.1) is 17.9 Å². The molecule has 0 N–H and O–H groups in total. The van der Waals surface area contributed by atoms with Gasteiger partial charge in [-0.1, -0.05) is 6.07 Å². The highest BCUT2D eigenvalue weighted by molar-refractivity contribution is 7.89. The first-order valence-corrected chi connectivity index (χ1v) is 7.61. The minimum absolute atomic E-state index is 0.0172. The van der Waals surface area contributed by atoms with Crippen molar-refractivity contribution in [2.75, 3.05) is 20.2 Å². The molecule has 112 valence electrons. The SMILES string of the molecule is CCOC(=O)CCN(C)S(=O)(=O)c1ccc(C)c(F)c1. The zero-order valence-electron chi connectivity index (χ0n) is 11.7. The van der Waals surface area contributed by atoms with E-state index < -0.39 is 21.8 Å². The molecule has 0 amide bonds. The Balaban J connectivity index is 2.82. The molecule has 20 heavy (non-hydrogen) atoms. The molecule has 7 heteroatoms. The molecule has 1 rings (SSSR count). The highest BCUT2D eigenvalue weighted by Gasteiger charge is 2.22. The van der Waals surface area contributed by atoms with Gasteiger partial charge in [-0.25, -0.2) is 17.1 Å². The minimum atomic E-state index is -3.80. The van der Waals surface area contributed by atoms with Crippen molar-refractivity contribution >= 4 is 16.0 Å². The quantitative estimate of drug-likeness (QED) is 0.751. The third-order valence-electron chi connectivity index (χ3n) is 2.79. The minimum Gasteiger partial charge on any atom is -0.466 e. The Labute approximate surface area is 118 Å². The lowest BCUT2D eigenvalue weighted by Gasteiger charge is -2.17. The van der Waals surface area contributed by atoms with E-state index in [-0.39, 0.29) is 24.5 Å². The zero-order chi connectivity index (χ0) is 15.3. The van der Waals surface area contributed by atoms with Gasteiger partial charge in [0.2, 0.25) is 10.0 Å². The number of hydrogen-bond acceptors (Lipinski definition) is 4. The molecule has 0 bridgehead atoms. The normalized spacial score (nSPS) is 11.7. The van der Waals surface area contributed by atoms with Crippen LogP contribution in [0.3, 0.4) is 0 Å². The molecule has 0 aliphatic carbocycles. The van der Waals surface area contributed by atoms with Crippen LogP contribution in [0.5, 0.6) is 0 Å². The van der Waals surface area contributed by atoms with Crippen LogP contribution in [0.1, 0.15) is 18.9 Å². The Bertz CT molecular complexity index is 586. The second-order valence-corrected chi connectivity index (χ2v) is 6.34. The average Bonchev–Trinajstić information content (AvgIpc) is 2.39. The molecule has 0 aromatic heterocycles. The fourth-order valence-corrected chi connectivity index (χ4v) is 2.70. The van der Waals surface area contributed by atoms with Crippen molar-refractivity contribution < 1.29 is 22.3 Å². The van der Waals surface area contributed by atoms with Gasteiger partial charge in [0.25, 0.3) is 0 Å². The van der Waals surface area contributed by atoms with E-state index in [9.17, 15) is 17.6 Å². The van der Waals surface area contributed by atoms with Gasteiger partial charge in [0.15, 0.2) is 0 Å². The fraction of sp³-hybridized carbons (Fsp3) is 0.462. The second-order valence-electron chi connectivity index (χ2n) is 4.29. The molecular formula is C13H18FNO4S. The van der Waals surface area contributed by atoms with Crippen LogP contribution in [0, 0.1) is 12.7 Å². The number of carbonyl (C=O) groups excluding carboxylic acids is 1. The maximum atomic E-state index is 13.4. The van der Waals surface area contributed by atoms with Gasteiger partial charge in [-0.3, -0.25) is 4.79 Å². The van der Waals surface area contributed by atoms with E-state index in [1.165, 1.54) is 19.2 Å². The van der Waals surface area contributed by atoms with Crippen LogP contribution in [0.25, 0.3) is 0 Å². The largest absolute Gasteiger partial charge is 0.466 e. The Morgan fingerprint density at radius 2 is 2.05 bits per heavy atom. The summed E-state index contributed by atoms with van der Waals surface area (Å²) in [6.07, 6.45) is -0.0437. The fourth-order valence-electron chi connectivity index (χ4n) is 1.52. The first-order chi connectivity index (χ1) is 9.28. The monoisotopic (exact) mass is 303 g/mol. The van der Waals surface area contributed by atoms with E-state index in [0.717, 1.165) is 10.4 Å². The average molecular weight is 303 g/mol. The molecule has 0 spiro atoms. The van der Waals surface area contributed by atoms with Crippen LogP contribution < -0.4 is 0 Å². The number of nitrogens with zero attached hydrogens (tertiary/aromatic N) is 1. The molecule has 0 aliphatic rings. The van der Waals surface area contributed by atoms with Crippen molar-refractivity contribution in [1.82, 2.24) is 4.31 Å². The van der Waals surface area contributed by atoms with Crippen LogP contribution in [0.15, 0.2) is 23.1 Å². The summed E-state index contributed by atoms with van der Waals surface area (Å²) in [4.78, 5) is 11.1. The summed E-state index contributed by atoms with van der Waals surface area (Å²) in [7, 11) is -2.46. The lowest BCUT2D eigenvalue weighted by molar-refractivity contribution is -0.143. The van der Waals surface area contributed by atoms with Crippen LogP contribution in [-0.2, 0) is 19.6 Å². The van der Waals surface area contributed by atoms with Crippen LogP contribution in [0.2, 0.25) is 0 Å². The van der Waals surface area contributed by atoms with Crippen molar-refractivity contribution in [3.8, 4) is 0 Å². The summed E-state index contributed by atoms with van der Waals surface area (Å²) in [5, 5.41) is 0. The van der Waals surface area contributed by atoms with Crippen molar-refractivity contribution in [1.29, 1.82) is 0 Å². The van der Waals surface area contributed by atoms with Crippen molar-refractivity contribution in [2.24, 2.45) is 0 Å². The van der Waals surface area contributed by atoms with Gasteiger partial charge < -0.3 is 4.74 Å². The number of hydrogen-bond donors (Lipinski definition) is 0. The molecule has 0 unspecified atom stereocenters. The molecule has 5 nitrogen and oxygen atoms in total. The molecule has 0 radical (unpaired) electrons. The number of esters is 1. The standard InChI is InChI=1S/C13H18FNO4S/c1-4-19-13(16)7-8-15(3)20(17,18)11-6-5-10(2)12(14)9-11/h5-6,9H,4,7-8H2,1-3H3. The Hall–Kier alpha value is -1.47. The molecule has 0 aliphatic heterocycles. The lowest BCUT2D eigenvalue weighted by Crippen LogP contribution is -2.29. The maximum Gasteiger partial charge on any atom is 0.307 e. The number of carbonyl (C=O) groups is 1. The number of halogens is 1. The van der Waals surface area contributed by atoms with E-state index in [4.69, 9.17) is 4.74 Å². The van der Waals surface area contributed by atoms with E-state index >= 15 is 0 Å². The van der Waals surface area contributed by atoms with Gasteiger partial charge in [0.1, 0.15) is 5.82 Å². The van der Waals surface area contributed by atoms with Gasteiger partial charge in [0, 0.05) is 13.6 Å². The molecule has 0 atom stereocenters. The van der Waals surface area contributed by atoms with E-state index in [1.807, 2.05) is 0 Å². The maximum absolute atomic E-state index is 13.4. The Kier molecular flexibility index (Phi) is 5.64. The summed E-state index contributed by atoms with van der Waals surface area (Å²) >= 11 is 0. The summed E-state index contributed by atoms with van der Waals surface area (Å²) < 4.78 is 43.5. The van der Waals surface area contributed by atoms with Crippen LogP contribution >= 0.6 is 0 Å². The number of benzene rings is 1. The Morgan fingerprint density at radius 1 is 1.40 bits per heavy atom. The van der Waals surface area contributed by atoms with Gasteiger partial charge >= 0.3 is 5.97 Å². The number of aryl methyl sites for hydroxylation is 1. The number of ether oxygens (including phenoxy) is 1. The van der Waals surface area contributed by atoms with Crippen molar-refractivity contribution in [3.63, 3.8) is 0 Å². The first-order valence-electron chi connectivity index (χ1n) is 6.17. The predicted molar refractivity (Wildman–Crippen MR) is 72.2 cm³/mol. The number of rotatable bonds is 6. The summed E-state index contributed by atoms with van der Waals surface area (Å²) in [6, 6.07) is 3.72. The summed E-state index contributed by atoms with van der Waals surface area (Å²) in [5.41, 5.74) is 0.373. The molecule has 0 saturated heterocycles. The van der Waals surface area contributed by atoms with Gasteiger partial charge in [-0.15, -0.1) is 0 Å². The van der Waals surface area contributed by atoms with Crippen molar-refractivity contribution in [2.45, 2.75) is 25.2 Å². The van der Waals surface area contributed by atoms with Crippen molar-refractivity contribution in [3.05, 3.63) is 29.6 Å². The van der Waals surface area contributed by atoms with E-state index in [0.29, 0.717) is 5.56 Å². The molecular weight excluding hydrogens is 285 g/mol. The smallest absolute Gasteiger partial charge is 0.307 e. The molecule has 1 aromatic carbocycles.